The van der Waals surface area contributed by atoms with E-state index in [1.807, 2.05) is 31.2 Å². The second-order valence-corrected chi connectivity index (χ2v) is 8.05. The molecule has 2 aliphatic heterocycles. The van der Waals surface area contributed by atoms with Gasteiger partial charge in [-0.2, -0.15) is 0 Å². The van der Waals surface area contributed by atoms with Crippen LogP contribution in [-0.2, 0) is 6.42 Å². The van der Waals surface area contributed by atoms with Crippen molar-refractivity contribution >= 4 is 54.5 Å². The van der Waals surface area contributed by atoms with Crippen molar-refractivity contribution in [1.82, 2.24) is 10.2 Å². The second kappa shape index (κ2) is 12.5. The molecule has 1 unspecified atom stereocenters. The molecule has 5 nitrogen and oxygen atoms in total. The van der Waals surface area contributed by atoms with Crippen LogP contribution in [0.2, 0.25) is 0 Å². The molecule has 1 saturated heterocycles. The van der Waals surface area contributed by atoms with E-state index in [9.17, 15) is 9.18 Å². The zero-order chi connectivity index (χ0) is 20.4. The summed E-state index contributed by atoms with van der Waals surface area (Å²) in [5.74, 6) is -0.382. The van der Waals surface area contributed by atoms with E-state index in [0.717, 1.165) is 68.1 Å². The predicted molar refractivity (Wildman–Crippen MR) is 137 cm³/mol. The van der Waals surface area contributed by atoms with E-state index in [4.69, 9.17) is 0 Å². The highest BCUT2D eigenvalue weighted by Crippen LogP contribution is 2.30. The van der Waals surface area contributed by atoms with Gasteiger partial charge in [0.05, 0.1) is 6.04 Å². The molecule has 32 heavy (non-hydrogen) atoms. The van der Waals surface area contributed by atoms with Gasteiger partial charge in [0.15, 0.2) is 0 Å². The lowest BCUT2D eigenvalue weighted by molar-refractivity contribution is 0.0939. The highest BCUT2D eigenvalue weighted by Gasteiger charge is 2.23. The molecule has 2 aromatic carbocycles. The monoisotopic (exact) mass is 504 g/mol. The van der Waals surface area contributed by atoms with Gasteiger partial charge >= 0.3 is 0 Å². The second-order valence-electron chi connectivity index (χ2n) is 8.05. The lowest BCUT2D eigenvalue weighted by Crippen LogP contribution is -2.45. The molecule has 2 heterocycles. The molecule has 0 radical (unpaired) electrons. The Morgan fingerprint density at radius 3 is 2.53 bits per heavy atom. The van der Waals surface area contributed by atoms with E-state index in [2.05, 4.69) is 27.5 Å². The predicted octanol–water partition coefficient (Wildman–Crippen LogP) is 4.69. The lowest BCUT2D eigenvalue weighted by Gasteiger charge is -2.36. The Morgan fingerprint density at radius 1 is 1.09 bits per heavy atom. The molecule has 0 saturated carbocycles. The number of hydrogen-bond acceptors (Lipinski definition) is 4. The SMILES string of the molecule is CC(NC(=O)c1cccc2c1CCCN2)c1cc(F)ccc1N1CCN(C)CC1.Cl.Cl.Cl. The molecule has 0 aliphatic carbocycles. The number of rotatable bonds is 4. The number of benzene rings is 2. The number of nitrogens with one attached hydrogen (secondary N) is 2. The van der Waals surface area contributed by atoms with Crippen LogP contribution in [0.25, 0.3) is 0 Å². The highest BCUT2D eigenvalue weighted by atomic mass is 35.5. The molecule has 2 aliphatic rings. The fourth-order valence-electron chi connectivity index (χ4n) is 4.28. The minimum absolute atomic E-state index is 0. The Kier molecular flexibility index (Phi) is 11.1. The summed E-state index contributed by atoms with van der Waals surface area (Å²) < 4.78 is 14.1. The first kappa shape index (κ1) is 28.3. The standard InChI is InChI=1S/C23H29FN4O.3ClH/c1-16(26-23(29)19-5-3-7-21-18(19)6-4-10-25-21)20-15-17(24)8-9-22(20)28-13-11-27(2)12-14-28;;;/h3,5,7-9,15-16,25H,4,6,10-14H2,1-2H3,(H,26,29);3*1H. The van der Waals surface area contributed by atoms with Crippen molar-refractivity contribution in [1.29, 1.82) is 0 Å². The lowest BCUT2D eigenvalue weighted by atomic mass is 9.96. The Balaban J connectivity index is 0.00000171. The molecule has 2 N–H and O–H groups in total. The van der Waals surface area contributed by atoms with Crippen LogP contribution >= 0.6 is 37.2 Å². The van der Waals surface area contributed by atoms with Crippen LogP contribution in [0.1, 0.15) is 40.9 Å². The van der Waals surface area contributed by atoms with Crippen LogP contribution < -0.4 is 15.5 Å². The summed E-state index contributed by atoms with van der Waals surface area (Å²) in [5.41, 5.74) is 4.65. The van der Waals surface area contributed by atoms with E-state index in [1.54, 1.807) is 6.07 Å². The summed E-state index contributed by atoms with van der Waals surface area (Å²) in [4.78, 5) is 17.6. The van der Waals surface area contributed by atoms with Crippen molar-refractivity contribution in [3.63, 3.8) is 0 Å². The Labute approximate surface area is 208 Å². The Morgan fingerprint density at radius 2 is 1.81 bits per heavy atom. The number of nitrogens with zero attached hydrogens (tertiary/aromatic N) is 2. The van der Waals surface area contributed by atoms with E-state index in [1.165, 1.54) is 6.07 Å². The van der Waals surface area contributed by atoms with Crippen LogP contribution in [0.15, 0.2) is 36.4 Å². The Hall–Kier alpha value is -1.73. The third-order valence-electron chi connectivity index (χ3n) is 5.99. The van der Waals surface area contributed by atoms with Crippen molar-refractivity contribution < 1.29 is 9.18 Å². The van der Waals surface area contributed by atoms with Gasteiger partial charge in [0.2, 0.25) is 0 Å². The van der Waals surface area contributed by atoms with E-state index >= 15 is 0 Å². The van der Waals surface area contributed by atoms with Gasteiger partial charge in [-0.05, 0) is 62.7 Å². The zero-order valence-corrected chi connectivity index (χ0v) is 20.8. The Bertz CT molecular complexity index is 907. The number of carbonyl (C=O) groups excluding carboxylic acids is 1. The van der Waals surface area contributed by atoms with Crippen LogP contribution in [0.4, 0.5) is 15.8 Å². The van der Waals surface area contributed by atoms with E-state index < -0.39 is 0 Å². The van der Waals surface area contributed by atoms with Crippen molar-refractivity contribution in [2.45, 2.75) is 25.8 Å². The number of fused-ring (bicyclic) bond motifs is 1. The number of amides is 1. The number of carbonyl (C=O) groups is 1. The molecule has 0 spiro atoms. The molecule has 0 bridgehead atoms. The average Bonchev–Trinajstić information content (AvgIpc) is 2.74. The number of piperazine rings is 1. The summed E-state index contributed by atoms with van der Waals surface area (Å²) in [5, 5.41) is 6.47. The van der Waals surface area contributed by atoms with Crippen LogP contribution in [0.5, 0.6) is 0 Å². The third kappa shape index (κ3) is 6.19. The fourth-order valence-corrected chi connectivity index (χ4v) is 4.28. The van der Waals surface area contributed by atoms with Gasteiger partial charge in [0, 0.05) is 55.2 Å². The largest absolute Gasteiger partial charge is 0.385 e. The maximum atomic E-state index is 14.1. The molecular formula is C23H32Cl3FN4O. The van der Waals surface area contributed by atoms with Gasteiger partial charge in [0.25, 0.3) is 5.91 Å². The fraction of sp³-hybridized carbons (Fsp3) is 0.435. The molecule has 2 aromatic rings. The highest BCUT2D eigenvalue weighted by molar-refractivity contribution is 5.97. The van der Waals surface area contributed by atoms with Crippen molar-refractivity contribution in [3.05, 3.63) is 58.9 Å². The first-order chi connectivity index (χ1) is 14.0. The van der Waals surface area contributed by atoms with Crippen molar-refractivity contribution in [3.8, 4) is 0 Å². The van der Waals surface area contributed by atoms with E-state index in [0.29, 0.717) is 5.56 Å². The quantitative estimate of drug-likeness (QED) is 0.633. The van der Waals surface area contributed by atoms with Gasteiger partial charge in [-0.3, -0.25) is 4.79 Å². The molecule has 4 rings (SSSR count). The smallest absolute Gasteiger partial charge is 0.252 e. The molecule has 1 atom stereocenters. The minimum atomic E-state index is -0.291. The van der Waals surface area contributed by atoms with Gasteiger partial charge in [0.1, 0.15) is 5.82 Å². The third-order valence-corrected chi connectivity index (χ3v) is 5.99. The van der Waals surface area contributed by atoms with Crippen LogP contribution in [0.3, 0.4) is 0 Å². The number of likely N-dealkylation sites (N-methyl/N-ethyl adjacent to an activating group) is 1. The molecule has 0 aromatic heterocycles. The van der Waals surface area contributed by atoms with Crippen molar-refractivity contribution in [2.24, 2.45) is 0 Å². The van der Waals surface area contributed by atoms with Crippen LogP contribution in [0, 0.1) is 5.82 Å². The van der Waals surface area contributed by atoms with Gasteiger partial charge in [-0.1, -0.05) is 6.07 Å². The number of anilines is 2. The van der Waals surface area contributed by atoms with Gasteiger partial charge < -0.3 is 20.4 Å². The first-order valence-corrected chi connectivity index (χ1v) is 10.4. The molecule has 9 heteroatoms. The zero-order valence-electron chi connectivity index (χ0n) is 18.4. The summed E-state index contributed by atoms with van der Waals surface area (Å²) in [6.07, 6.45) is 1.91. The molecule has 1 fully saturated rings. The minimum Gasteiger partial charge on any atom is -0.385 e. The number of halogens is 4. The number of hydrogen-bond donors (Lipinski definition) is 2. The first-order valence-electron chi connectivity index (χ1n) is 10.4. The maximum absolute atomic E-state index is 14.1. The van der Waals surface area contributed by atoms with Gasteiger partial charge in [-0.15, -0.1) is 37.2 Å². The summed E-state index contributed by atoms with van der Waals surface area (Å²) in [7, 11) is 2.11. The molecular weight excluding hydrogens is 474 g/mol. The molecule has 178 valence electrons. The summed E-state index contributed by atoms with van der Waals surface area (Å²) >= 11 is 0. The van der Waals surface area contributed by atoms with E-state index in [-0.39, 0.29) is 55.0 Å². The van der Waals surface area contributed by atoms with Crippen molar-refractivity contribution in [2.75, 3.05) is 50.0 Å². The average molecular weight is 506 g/mol. The summed E-state index contributed by atoms with van der Waals surface area (Å²) in [6.45, 7) is 6.61. The normalized spacial score (nSPS) is 16.3. The maximum Gasteiger partial charge on any atom is 0.252 e. The van der Waals surface area contributed by atoms with Gasteiger partial charge in [-0.25, -0.2) is 4.39 Å². The topological polar surface area (TPSA) is 47.6 Å². The summed E-state index contributed by atoms with van der Waals surface area (Å²) in [6, 6.07) is 10.4. The molecule has 1 amide bonds. The van der Waals surface area contributed by atoms with Crippen LogP contribution in [-0.4, -0.2) is 50.6 Å².